The quantitative estimate of drug-likeness (QED) is 0.939. The van der Waals surface area contributed by atoms with Crippen LogP contribution in [0.1, 0.15) is 19.8 Å². The van der Waals surface area contributed by atoms with Gasteiger partial charge in [-0.05, 0) is 30.9 Å². The van der Waals surface area contributed by atoms with Gasteiger partial charge in [0.15, 0.2) is 17.4 Å². The van der Waals surface area contributed by atoms with Gasteiger partial charge in [-0.3, -0.25) is 0 Å². The maximum atomic E-state index is 13.7. The van der Waals surface area contributed by atoms with Crippen molar-refractivity contribution >= 4 is 11.5 Å². The predicted octanol–water partition coefficient (Wildman–Crippen LogP) is 3.37. The van der Waals surface area contributed by atoms with Gasteiger partial charge in [0.2, 0.25) is 5.88 Å². The van der Waals surface area contributed by atoms with E-state index in [1.165, 1.54) is 18.8 Å². The first-order chi connectivity index (χ1) is 11.0. The summed E-state index contributed by atoms with van der Waals surface area (Å²) in [5, 5.41) is 0. The van der Waals surface area contributed by atoms with Gasteiger partial charge in [0.1, 0.15) is 17.8 Å². The molecule has 1 aliphatic heterocycles. The Bertz CT molecular complexity index is 710. The lowest BCUT2D eigenvalue weighted by Gasteiger charge is -2.32. The molecule has 2 heterocycles. The Labute approximate surface area is 133 Å². The van der Waals surface area contributed by atoms with Crippen molar-refractivity contribution in [1.82, 2.24) is 9.97 Å². The molecule has 3 rings (SSSR count). The van der Waals surface area contributed by atoms with E-state index in [0.717, 1.165) is 31.6 Å². The molecule has 0 saturated carbocycles. The van der Waals surface area contributed by atoms with Crippen LogP contribution in [0.25, 0.3) is 0 Å². The highest BCUT2D eigenvalue weighted by atomic mass is 19.1. The standard InChI is InChI=1S/C16H18F2N4O/c1-10-3-2-6-22(8-10)15-14(19)16(21-9-20-15)23-13-5-4-11(17)7-12(13)18/h4-5,7,9-10H,2-3,6,8,19H2,1H3. The number of hydrogen-bond acceptors (Lipinski definition) is 5. The van der Waals surface area contributed by atoms with Crippen LogP contribution < -0.4 is 15.4 Å². The third-order valence-electron chi connectivity index (χ3n) is 3.88. The molecular weight excluding hydrogens is 302 g/mol. The van der Waals surface area contributed by atoms with Crippen molar-refractivity contribution in [3.63, 3.8) is 0 Å². The summed E-state index contributed by atoms with van der Waals surface area (Å²) in [4.78, 5) is 10.3. The highest BCUT2D eigenvalue weighted by molar-refractivity contribution is 5.68. The number of piperidine rings is 1. The Morgan fingerprint density at radius 1 is 1.30 bits per heavy atom. The third-order valence-corrected chi connectivity index (χ3v) is 3.88. The molecule has 1 atom stereocenters. The molecule has 2 N–H and O–H groups in total. The van der Waals surface area contributed by atoms with Crippen molar-refractivity contribution in [2.45, 2.75) is 19.8 Å². The maximum Gasteiger partial charge on any atom is 0.248 e. The Hall–Kier alpha value is -2.44. The topological polar surface area (TPSA) is 64.3 Å². The molecule has 23 heavy (non-hydrogen) atoms. The van der Waals surface area contributed by atoms with E-state index in [9.17, 15) is 8.78 Å². The highest BCUT2D eigenvalue weighted by Gasteiger charge is 2.22. The van der Waals surface area contributed by atoms with Gasteiger partial charge in [0.25, 0.3) is 0 Å². The Kier molecular flexibility index (Phi) is 4.27. The SMILES string of the molecule is CC1CCCN(c2ncnc(Oc3ccc(F)cc3F)c2N)C1. The molecular formula is C16H18F2N4O. The molecule has 1 aliphatic rings. The number of rotatable bonds is 3. The highest BCUT2D eigenvalue weighted by Crippen LogP contribution is 2.34. The van der Waals surface area contributed by atoms with Crippen molar-refractivity contribution in [3.8, 4) is 11.6 Å². The Balaban J connectivity index is 1.87. The van der Waals surface area contributed by atoms with E-state index < -0.39 is 11.6 Å². The van der Waals surface area contributed by atoms with Crippen molar-refractivity contribution in [2.24, 2.45) is 5.92 Å². The molecule has 0 aliphatic carbocycles. The van der Waals surface area contributed by atoms with Crippen LogP contribution >= 0.6 is 0 Å². The van der Waals surface area contributed by atoms with Gasteiger partial charge in [-0.15, -0.1) is 0 Å². The number of nitrogens with zero attached hydrogens (tertiary/aromatic N) is 3. The summed E-state index contributed by atoms with van der Waals surface area (Å²) in [6.45, 7) is 3.89. The molecule has 0 bridgehead atoms. The van der Waals surface area contributed by atoms with Gasteiger partial charge in [-0.1, -0.05) is 6.92 Å². The smallest absolute Gasteiger partial charge is 0.248 e. The van der Waals surface area contributed by atoms with Gasteiger partial charge in [-0.25, -0.2) is 13.8 Å². The second-order valence-electron chi connectivity index (χ2n) is 5.79. The largest absolute Gasteiger partial charge is 0.434 e. The van der Waals surface area contributed by atoms with Crippen LogP contribution in [0.2, 0.25) is 0 Å². The lowest BCUT2D eigenvalue weighted by molar-refractivity contribution is 0.422. The number of anilines is 2. The van der Waals surface area contributed by atoms with Crippen LogP contribution in [0.5, 0.6) is 11.6 Å². The van der Waals surface area contributed by atoms with Crippen LogP contribution in [0.15, 0.2) is 24.5 Å². The van der Waals surface area contributed by atoms with Crippen LogP contribution in [0, 0.1) is 17.6 Å². The normalized spacial score (nSPS) is 18.0. The van der Waals surface area contributed by atoms with Gasteiger partial charge in [0.05, 0.1) is 0 Å². The predicted molar refractivity (Wildman–Crippen MR) is 83.5 cm³/mol. The van der Waals surface area contributed by atoms with Crippen molar-refractivity contribution in [1.29, 1.82) is 0 Å². The molecule has 1 unspecified atom stereocenters. The zero-order valence-corrected chi connectivity index (χ0v) is 12.8. The molecule has 122 valence electrons. The molecule has 1 aromatic heterocycles. The number of hydrogen-bond donors (Lipinski definition) is 1. The first-order valence-corrected chi connectivity index (χ1v) is 7.53. The van der Waals surface area contributed by atoms with E-state index in [4.69, 9.17) is 10.5 Å². The van der Waals surface area contributed by atoms with E-state index in [2.05, 4.69) is 21.8 Å². The van der Waals surface area contributed by atoms with E-state index in [-0.39, 0.29) is 17.3 Å². The van der Waals surface area contributed by atoms with E-state index >= 15 is 0 Å². The van der Waals surface area contributed by atoms with Gasteiger partial charge in [0, 0.05) is 19.2 Å². The minimum absolute atomic E-state index is 0.0683. The van der Waals surface area contributed by atoms with Crippen molar-refractivity contribution in [3.05, 3.63) is 36.2 Å². The summed E-state index contributed by atoms with van der Waals surface area (Å²) >= 11 is 0. The zero-order chi connectivity index (χ0) is 16.4. The number of benzene rings is 1. The van der Waals surface area contributed by atoms with E-state index in [1.807, 2.05) is 0 Å². The molecule has 0 radical (unpaired) electrons. The maximum absolute atomic E-state index is 13.7. The average molecular weight is 320 g/mol. The Morgan fingerprint density at radius 3 is 2.87 bits per heavy atom. The second kappa shape index (κ2) is 6.36. The number of halogens is 2. The zero-order valence-electron chi connectivity index (χ0n) is 12.8. The summed E-state index contributed by atoms with van der Waals surface area (Å²) in [5.74, 6) is -0.403. The van der Waals surface area contributed by atoms with Crippen LogP contribution in [0.3, 0.4) is 0 Å². The molecule has 1 fully saturated rings. The average Bonchev–Trinajstić information content (AvgIpc) is 2.52. The fraction of sp³-hybridized carbons (Fsp3) is 0.375. The molecule has 2 aromatic rings. The summed E-state index contributed by atoms with van der Waals surface area (Å²) < 4.78 is 32.1. The van der Waals surface area contributed by atoms with E-state index in [0.29, 0.717) is 11.7 Å². The lowest BCUT2D eigenvalue weighted by Crippen LogP contribution is -2.35. The lowest BCUT2D eigenvalue weighted by atomic mass is 10.0. The number of nitrogens with two attached hydrogens (primary N) is 1. The minimum atomic E-state index is -0.809. The molecule has 1 aromatic carbocycles. The molecule has 0 spiro atoms. The third kappa shape index (κ3) is 3.33. The van der Waals surface area contributed by atoms with Gasteiger partial charge < -0.3 is 15.4 Å². The minimum Gasteiger partial charge on any atom is -0.434 e. The first kappa shape index (κ1) is 15.5. The number of ether oxygens (including phenoxy) is 1. The fourth-order valence-electron chi connectivity index (χ4n) is 2.75. The molecule has 0 amide bonds. The molecule has 1 saturated heterocycles. The van der Waals surface area contributed by atoms with Gasteiger partial charge >= 0.3 is 0 Å². The molecule has 7 heteroatoms. The summed E-state index contributed by atoms with van der Waals surface area (Å²) in [7, 11) is 0. The molecule has 5 nitrogen and oxygen atoms in total. The summed E-state index contributed by atoms with van der Waals surface area (Å²) in [6.07, 6.45) is 3.57. The van der Waals surface area contributed by atoms with Crippen LogP contribution in [0.4, 0.5) is 20.3 Å². The van der Waals surface area contributed by atoms with Crippen LogP contribution in [-0.4, -0.2) is 23.1 Å². The fourth-order valence-corrected chi connectivity index (χ4v) is 2.75. The van der Waals surface area contributed by atoms with Gasteiger partial charge in [-0.2, -0.15) is 4.98 Å². The number of aromatic nitrogens is 2. The monoisotopic (exact) mass is 320 g/mol. The second-order valence-corrected chi connectivity index (χ2v) is 5.79. The summed E-state index contributed by atoms with van der Waals surface area (Å²) in [5.41, 5.74) is 6.35. The first-order valence-electron chi connectivity index (χ1n) is 7.53. The van der Waals surface area contributed by atoms with Crippen molar-refractivity contribution in [2.75, 3.05) is 23.7 Å². The number of nitrogen functional groups attached to an aromatic ring is 1. The Morgan fingerprint density at radius 2 is 2.13 bits per heavy atom. The van der Waals surface area contributed by atoms with Crippen molar-refractivity contribution < 1.29 is 13.5 Å². The summed E-state index contributed by atoms with van der Waals surface area (Å²) in [6, 6.07) is 3.07. The van der Waals surface area contributed by atoms with E-state index in [1.54, 1.807) is 0 Å². The van der Waals surface area contributed by atoms with Crippen LogP contribution in [-0.2, 0) is 0 Å².